The maximum absolute atomic E-state index is 12.5. The molecule has 0 spiro atoms. The molecule has 110 valence electrons. The van der Waals surface area contributed by atoms with E-state index in [4.69, 9.17) is 0 Å². The van der Waals surface area contributed by atoms with E-state index >= 15 is 0 Å². The minimum atomic E-state index is -0.893. The molecule has 1 aromatic heterocycles. The lowest BCUT2D eigenvalue weighted by atomic mass is 10.0. The Morgan fingerprint density at radius 3 is 2.75 bits per heavy atom. The minimum Gasteiger partial charge on any atom is -0.390 e. The number of rotatable bonds is 2. The normalized spacial score (nSPS) is 26.9. The zero-order chi connectivity index (χ0) is 14.7. The van der Waals surface area contributed by atoms with Gasteiger partial charge in [0, 0.05) is 13.2 Å². The average Bonchev–Trinajstić information content (AvgIpc) is 2.61. The van der Waals surface area contributed by atoms with Gasteiger partial charge in [-0.2, -0.15) is 0 Å². The van der Waals surface area contributed by atoms with Gasteiger partial charge in [-0.15, -0.1) is 0 Å². The predicted molar refractivity (Wildman–Crippen MR) is 75.3 cm³/mol. The Bertz CT molecular complexity index is 478. The molecule has 1 saturated carbocycles. The molecule has 0 unspecified atom stereocenters. The molecule has 1 amide bonds. The summed E-state index contributed by atoms with van der Waals surface area (Å²) in [4.78, 5) is 18.1. The van der Waals surface area contributed by atoms with Gasteiger partial charge in [0.2, 0.25) is 0 Å². The van der Waals surface area contributed by atoms with E-state index in [-0.39, 0.29) is 11.9 Å². The smallest absolute Gasteiger partial charge is 0.272 e. The molecule has 1 aliphatic rings. The van der Waals surface area contributed by atoms with Gasteiger partial charge >= 0.3 is 0 Å². The lowest BCUT2D eigenvalue weighted by molar-refractivity contribution is -0.0256. The van der Waals surface area contributed by atoms with Crippen LogP contribution in [-0.4, -0.2) is 51.3 Å². The van der Waals surface area contributed by atoms with E-state index in [2.05, 4.69) is 4.98 Å². The molecule has 0 aromatic carbocycles. The van der Waals surface area contributed by atoms with Crippen molar-refractivity contribution in [3.05, 3.63) is 29.6 Å². The number of likely N-dealkylation sites (N-methyl/N-ethyl adjacent to an activating group) is 1. The average molecular weight is 278 g/mol. The Morgan fingerprint density at radius 1 is 1.35 bits per heavy atom. The number of aliphatic hydroxyl groups excluding tert-OH is 2. The highest BCUT2D eigenvalue weighted by molar-refractivity contribution is 5.93. The summed E-state index contributed by atoms with van der Waals surface area (Å²) in [5, 5.41) is 20.1. The molecule has 20 heavy (non-hydrogen) atoms. The zero-order valence-electron chi connectivity index (χ0n) is 12.0. The molecular weight excluding hydrogens is 256 g/mol. The summed E-state index contributed by atoms with van der Waals surface area (Å²) in [7, 11) is 1.67. The first-order valence-corrected chi connectivity index (χ1v) is 7.07. The Balaban J connectivity index is 2.19. The number of aryl methyl sites for hydroxylation is 1. The van der Waals surface area contributed by atoms with Crippen LogP contribution >= 0.6 is 0 Å². The SMILES string of the molecule is Cc1cccnc1C(=O)N(C)[C@@H]1CCCC[C@@H](O)[C@@H]1O. The highest BCUT2D eigenvalue weighted by Gasteiger charge is 2.34. The quantitative estimate of drug-likeness (QED) is 0.795. The van der Waals surface area contributed by atoms with Crippen molar-refractivity contribution in [3.8, 4) is 0 Å². The Morgan fingerprint density at radius 2 is 2.05 bits per heavy atom. The third kappa shape index (κ3) is 2.99. The lowest BCUT2D eigenvalue weighted by Crippen LogP contribution is -2.48. The maximum Gasteiger partial charge on any atom is 0.272 e. The first-order valence-electron chi connectivity index (χ1n) is 7.07. The molecule has 0 saturated heterocycles. The highest BCUT2D eigenvalue weighted by Crippen LogP contribution is 2.23. The largest absolute Gasteiger partial charge is 0.390 e. The van der Waals surface area contributed by atoms with Crippen molar-refractivity contribution in [1.82, 2.24) is 9.88 Å². The first kappa shape index (κ1) is 14.9. The van der Waals surface area contributed by atoms with Crippen LogP contribution in [0.5, 0.6) is 0 Å². The van der Waals surface area contributed by atoms with E-state index in [1.165, 1.54) is 4.90 Å². The van der Waals surface area contributed by atoms with Crippen molar-refractivity contribution in [3.63, 3.8) is 0 Å². The van der Waals surface area contributed by atoms with E-state index in [9.17, 15) is 15.0 Å². The number of aromatic nitrogens is 1. The van der Waals surface area contributed by atoms with Gasteiger partial charge in [0.1, 0.15) is 11.8 Å². The Hall–Kier alpha value is -1.46. The van der Waals surface area contributed by atoms with Crippen LogP contribution in [0.25, 0.3) is 0 Å². The Labute approximate surface area is 119 Å². The summed E-state index contributed by atoms with van der Waals surface area (Å²) in [6.07, 6.45) is 3.00. The monoisotopic (exact) mass is 278 g/mol. The third-order valence-corrected chi connectivity index (χ3v) is 4.07. The van der Waals surface area contributed by atoms with Crippen molar-refractivity contribution < 1.29 is 15.0 Å². The second-order valence-electron chi connectivity index (χ2n) is 5.49. The van der Waals surface area contributed by atoms with E-state index in [1.807, 2.05) is 13.0 Å². The molecule has 5 heteroatoms. The van der Waals surface area contributed by atoms with Crippen LogP contribution in [0.4, 0.5) is 0 Å². The van der Waals surface area contributed by atoms with Crippen LogP contribution in [0, 0.1) is 6.92 Å². The van der Waals surface area contributed by atoms with Gasteiger partial charge in [0.25, 0.3) is 5.91 Å². The number of hydrogen-bond donors (Lipinski definition) is 2. The number of carbonyl (C=O) groups is 1. The molecule has 2 rings (SSSR count). The third-order valence-electron chi connectivity index (χ3n) is 4.07. The lowest BCUT2D eigenvalue weighted by Gasteiger charge is -2.32. The maximum atomic E-state index is 12.5. The molecular formula is C15H22N2O3. The van der Waals surface area contributed by atoms with Crippen molar-refractivity contribution in [2.24, 2.45) is 0 Å². The van der Waals surface area contributed by atoms with Gasteiger partial charge in [0.05, 0.1) is 12.1 Å². The molecule has 1 aliphatic carbocycles. The number of nitrogens with zero attached hydrogens (tertiary/aromatic N) is 2. The zero-order valence-corrected chi connectivity index (χ0v) is 12.0. The standard InChI is InChI=1S/C15H22N2O3/c1-10-6-5-9-16-13(10)15(20)17(2)11-7-3-4-8-12(18)14(11)19/h5-6,9,11-12,14,18-19H,3-4,7-8H2,1-2H3/t11-,12-,14-/m1/s1. The van der Waals surface area contributed by atoms with Crippen LogP contribution in [0.2, 0.25) is 0 Å². The number of pyridine rings is 1. The number of hydrogen-bond acceptors (Lipinski definition) is 4. The summed E-state index contributed by atoms with van der Waals surface area (Å²) in [5.41, 5.74) is 1.22. The molecule has 0 bridgehead atoms. The summed E-state index contributed by atoms with van der Waals surface area (Å²) < 4.78 is 0. The Kier molecular flexibility index (Phi) is 4.73. The van der Waals surface area contributed by atoms with Crippen LogP contribution in [-0.2, 0) is 0 Å². The van der Waals surface area contributed by atoms with E-state index in [0.29, 0.717) is 18.5 Å². The molecule has 1 fully saturated rings. The number of carbonyl (C=O) groups excluding carboxylic acids is 1. The molecule has 1 aromatic rings. The second kappa shape index (κ2) is 6.33. The van der Waals surface area contributed by atoms with Crippen LogP contribution in [0.1, 0.15) is 41.7 Å². The van der Waals surface area contributed by atoms with Gasteiger partial charge in [-0.1, -0.05) is 18.9 Å². The van der Waals surface area contributed by atoms with Crippen molar-refractivity contribution in [2.75, 3.05) is 7.05 Å². The highest BCUT2D eigenvalue weighted by atomic mass is 16.3. The van der Waals surface area contributed by atoms with Crippen molar-refractivity contribution in [2.45, 2.75) is 50.9 Å². The fourth-order valence-corrected chi connectivity index (χ4v) is 2.75. The summed E-state index contributed by atoms with van der Waals surface area (Å²) in [6, 6.07) is 3.27. The van der Waals surface area contributed by atoms with Gasteiger partial charge in [0.15, 0.2) is 0 Å². The second-order valence-corrected chi connectivity index (χ2v) is 5.49. The first-order chi connectivity index (χ1) is 9.52. The van der Waals surface area contributed by atoms with Gasteiger partial charge < -0.3 is 15.1 Å². The van der Waals surface area contributed by atoms with E-state index < -0.39 is 12.2 Å². The molecule has 2 N–H and O–H groups in total. The van der Waals surface area contributed by atoms with Crippen LogP contribution < -0.4 is 0 Å². The fourth-order valence-electron chi connectivity index (χ4n) is 2.75. The van der Waals surface area contributed by atoms with Crippen LogP contribution in [0.15, 0.2) is 18.3 Å². The molecule has 5 nitrogen and oxygen atoms in total. The van der Waals surface area contributed by atoms with Crippen molar-refractivity contribution >= 4 is 5.91 Å². The number of aliphatic hydroxyl groups is 2. The topological polar surface area (TPSA) is 73.7 Å². The fraction of sp³-hybridized carbons (Fsp3) is 0.600. The van der Waals surface area contributed by atoms with Crippen molar-refractivity contribution in [1.29, 1.82) is 0 Å². The van der Waals surface area contributed by atoms with Gasteiger partial charge in [-0.25, -0.2) is 0 Å². The molecule has 1 heterocycles. The molecule has 0 radical (unpaired) electrons. The summed E-state index contributed by atoms with van der Waals surface area (Å²) >= 11 is 0. The summed E-state index contributed by atoms with van der Waals surface area (Å²) in [5.74, 6) is -0.207. The predicted octanol–water partition coefficient (Wildman–Crippen LogP) is 1.13. The van der Waals surface area contributed by atoms with Gasteiger partial charge in [-0.3, -0.25) is 9.78 Å². The molecule has 3 atom stereocenters. The number of amides is 1. The molecule has 0 aliphatic heterocycles. The van der Waals surface area contributed by atoms with Crippen LogP contribution in [0.3, 0.4) is 0 Å². The summed E-state index contributed by atoms with van der Waals surface area (Å²) in [6.45, 7) is 1.84. The minimum absolute atomic E-state index is 0.207. The van der Waals surface area contributed by atoms with Gasteiger partial charge in [-0.05, 0) is 31.4 Å². The van der Waals surface area contributed by atoms with E-state index in [0.717, 1.165) is 18.4 Å². The van der Waals surface area contributed by atoms with E-state index in [1.54, 1.807) is 19.3 Å².